The largest absolute Gasteiger partial charge is 0.496 e. The number of methoxy groups -OCH3 is 1. The number of hydrogen-bond acceptors (Lipinski definition) is 6. The molecule has 3 aromatic carbocycles. The number of hydrogen-bond donors (Lipinski definition) is 1. The summed E-state index contributed by atoms with van der Waals surface area (Å²) in [4.78, 5) is 24.9. The van der Waals surface area contributed by atoms with Gasteiger partial charge in [0.15, 0.2) is 11.5 Å². The molecule has 170 valence electrons. The van der Waals surface area contributed by atoms with Crippen molar-refractivity contribution < 1.29 is 23.8 Å². The van der Waals surface area contributed by atoms with Crippen molar-refractivity contribution in [2.24, 2.45) is 5.10 Å². The predicted molar refractivity (Wildman–Crippen MR) is 127 cm³/mol. The lowest BCUT2D eigenvalue weighted by Crippen LogP contribution is -2.18. The third-order valence-corrected chi connectivity index (χ3v) is 4.90. The first kappa shape index (κ1) is 24.1. The number of amides is 1. The van der Waals surface area contributed by atoms with Gasteiger partial charge in [0.05, 0.1) is 36.1 Å². The Kier molecular flexibility index (Phi) is 8.29. The van der Waals surface area contributed by atoms with Crippen LogP contribution in [0.2, 0.25) is 10.0 Å². The molecule has 1 N–H and O–H groups in total. The molecule has 0 spiro atoms. The minimum atomic E-state index is -0.650. The van der Waals surface area contributed by atoms with Crippen molar-refractivity contribution in [3.05, 3.63) is 87.4 Å². The zero-order chi connectivity index (χ0) is 23.8. The fourth-order valence-electron chi connectivity index (χ4n) is 2.83. The third-order valence-electron chi connectivity index (χ3n) is 4.35. The number of rotatable bonds is 8. The van der Waals surface area contributed by atoms with E-state index < -0.39 is 11.9 Å². The van der Waals surface area contributed by atoms with Gasteiger partial charge in [-0.05, 0) is 61.0 Å². The van der Waals surface area contributed by atoms with Crippen LogP contribution in [0.5, 0.6) is 17.2 Å². The van der Waals surface area contributed by atoms with Crippen LogP contribution in [0.4, 0.5) is 0 Å². The fraction of sp³-hybridized carbons (Fsp3) is 0.125. The summed E-state index contributed by atoms with van der Waals surface area (Å²) in [6.07, 6.45) is 1.44. The molecule has 0 unspecified atom stereocenters. The van der Waals surface area contributed by atoms with E-state index >= 15 is 0 Å². The first-order valence-electron chi connectivity index (χ1n) is 9.83. The van der Waals surface area contributed by atoms with Crippen molar-refractivity contribution in [3.8, 4) is 17.2 Å². The van der Waals surface area contributed by atoms with E-state index in [2.05, 4.69) is 10.5 Å². The lowest BCUT2D eigenvalue weighted by atomic mass is 10.2. The molecule has 0 saturated heterocycles. The summed E-state index contributed by atoms with van der Waals surface area (Å²) in [6, 6.07) is 16.2. The number of carbonyl (C=O) groups is 2. The van der Waals surface area contributed by atoms with E-state index in [1.165, 1.54) is 25.5 Å². The summed E-state index contributed by atoms with van der Waals surface area (Å²) >= 11 is 12.0. The average Bonchev–Trinajstić information content (AvgIpc) is 2.80. The topological polar surface area (TPSA) is 86.2 Å². The van der Waals surface area contributed by atoms with Gasteiger partial charge in [0.1, 0.15) is 5.75 Å². The van der Waals surface area contributed by atoms with Crippen molar-refractivity contribution in [1.29, 1.82) is 0 Å². The summed E-state index contributed by atoms with van der Waals surface area (Å²) in [5.74, 6) is -0.0861. The molecule has 0 radical (unpaired) electrons. The molecular weight excluding hydrogens is 467 g/mol. The number of ether oxygens (including phenoxy) is 3. The minimum absolute atomic E-state index is 0.174. The smallest absolute Gasteiger partial charge is 0.345 e. The molecule has 0 heterocycles. The fourth-order valence-corrected chi connectivity index (χ4v) is 3.31. The molecule has 33 heavy (non-hydrogen) atoms. The van der Waals surface area contributed by atoms with Crippen LogP contribution < -0.4 is 19.6 Å². The monoisotopic (exact) mass is 486 g/mol. The summed E-state index contributed by atoms with van der Waals surface area (Å²) in [6.45, 7) is 2.15. The van der Waals surface area contributed by atoms with Gasteiger partial charge < -0.3 is 14.2 Å². The molecule has 3 rings (SSSR count). The first-order valence-corrected chi connectivity index (χ1v) is 10.6. The number of halogens is 2. The molecule has 0 aliphatic heterocycles. The zero-order valence-electron chi connectivity index (χ0n) is 17.8. The number of carbonyl (C=O) groups excluding carboxylic acids is 2. The third kappa shape index (κ3) is 6.25. The molecule has 0 saturated carbocycles. The van der Waals surface area contributed by atoms with Crippen LogP contribution in [0, 0.1) is 0 Å². The molecule has 7 nitrogen and oxygen atoms in total. The second-order valence-corrected chi connectivity index (χ2v) is 7.40. The molecule has 0 aliphatic carbocycles. The Hall–Kier alpha value is -3.55. The van der Waals surface area contributed by atoms with Crippen LogP contribution in [-0.4, -0.2) is 31.8 Å². The van der Waals surface area contributed by atoms with Crippen LogP contribution in [-0.2, 0) is 0 Å². The lowest BCUT2D eigenvalue weighted by molar-refractivity contribution is 0.0728. The average molecular weight is 487 g/mol. The van der Waals surface area contributed by atoms with Crippen LogP contribution in [0.15, 0.2) is 65.8 Å². The van der Waals surface area contributed by atoms with Gasteiger partial charge in [-0.2, -0.15) is 5.10 Å². The van der Waals surface area contributed by atoms with Gasteiger partial charge >= 0.3 is 5.97 Å². The Morgan fingerprint density at radius 3 is 2.48 bits per heavy atom. The van der Waals surface area contributed by atoms with Crippen molar-refractivity contribution >= 4 is 41.3 Å². The van der Waals surface area contributed by atoms with E-state index in [9.17, 15) is 9.59 Å². The summed E-state index contributed by atoms with van der Waals surface area (Å²) < 4.78 is 16.2. The van der Waals surface area contributed by atoms with E-state index in [1.54, 1.807) is 55.5 Å². The Morgan fingerprint density at radius 1 is 0.970 bits per heavy atom. The minimum Gasteiger partial charge on any atom is -0.496 e. The number of para-hydroxylation sites is 1. The summed E-state index contributed by atoms with van der Waals surface area (Å²) in [5.41, 5.74) is 3.60. The predicted octanol–water partition coefficient (Wildman–Crippen LogP) is 5.38. The highest BCUT2D eigenvalue weighted by Crippen LogP contribution is 2.30. The molecule has 0 fully saturated rings. The summed E-state index contributed by atoms with van der Waals surface area (Å²) in [7, 11) is 1.49. The summed E-state index contributed by atoms with van der Waals surface area (Å²) in [5, 5.41) is 4.57. The van der Waals surface area contributed by atoms with E-state index in [0.29, 0.717) is 34.3 Å². The molecule has 0 atom stereocenters. The van der Waals surface area contributed by atoms with E-state index in [4.69, 9.17) is 37.4 Å². The molecular formula is C24H20Cl2N2O5. The van der Waals surface area contributed by atoms with Gasteiger partial charge in [-0.3, -0.25) is 4.79 Å². The van der Waals surface area contributed by atoms with Crippen molar-refractivity contribution in [1.82, 2.24) is 5.43 Å². The zero-order valence-corrected chi connectivity index (χ0v) is 19.3. The molecule has 3 aromatic rings. The number of nitrogens with zero attached hydrogens (tertiary/aromatic N) is 1. The number of esters is 1. The van der Waals surface area contributed by atoms with Gasteiger partial charge in [-0.1, -0.05) is 35.3 Å². The number of nitrogens with one attached hydrogen (secondary N) is 1. The Bertz CT molecular complexity index is 1200. The standard InChI is InChI=1S/C24H20Cl2N2O5/c1-3-32-22-12-15(14-27-28-23(29)18-6-4-5-7-20(18)31-2)8-11-21(22)33-24(30)17-10-9-16(25)13-19(17)26/h4-14H,3H2,1-2H3,(H,28,29)/b27-14+. The van der Waals surface area contributed by atoms with E-state index in [-0.39, 0.29) is 16.3 Å². The quantitative estimate of drug-likeness (QED) is 0.200. The van der Waals surface area contributed by atoms with Crippen LogP contribution in [0.25, 0.3) is 0 Å². The normalized spacial score (nSPS) is 10.7. The van der Waals surface area contributed by atoms with Crippen molar-refractivity contribution in [2.45, 2.75) is 6.92 Å². The highest BCUT2D eigenvalue weighted by molar-refractivity contribution is 6.36. The van der Waals surface area contributed by atoms with Crippen molar-refractivity contribution in [2.75, 3.05) is 13.7 Å². The second-order valence-electron chi connectivity index (χ2n) is 6.55. The maximum Gasteiger partial charge on any atom is 0.345 e. The van der Waals surface area contributed by atoms with Crippen LogP contribution in [0.1, 0.15) is 33.2 Å². The maximum atomic E-state index is 12.5. The van der Waals surface area contributed by atoms with Crippen molar-refractivity contribution in [3.63, 3.8) is 0 Å². The molecule has 1 amide bonds. The van der Waals surface area contributed by atoms with Crippen LogP contribution >= 0.6 is 23.2 Å². The molecule has 0 bridgehead atoms. The van der Waals surface area contributed by atoms with Gasteiger partial charge in [-0.15, -0.1) is 0 Å². The Labute approximate surface area is 200 Å². The van der Waals surface area contributed by atoms with Gasteiger partial charge in [-0.25, -0.2) is 10.2 Å². The number of hydrazone groups is 1. The Balaban J connectivity index is 1.74. The maximum absolute atomic E-state index is 12.5. The van der Waals surface area contributed by atoms with Gasteiger partial charge in [0.2, 0.25) is 0 Å². The van der Waals surface area contributed by atoms with Gasteiger partial charge in [0.25, 0.3) is 5.91 Å². The second kappa shape index (κ2) is 11.4. The molecule has 0 aromatic heterocycles. The highest BCUT2D eigenvalue weighted by atomic mass is 35.5. The van der Waals surface area contributed by atoms with E-state index in [1.807, 2.05) is 0 Å². The SMILES string of the molecule is CCOc1cc(/C=N/NC(=O)c2ccccc2OC)ccc1OC(=O)c1ccc(Cl)cc1Cl. The van der Waals surface area contributed by atoms with E-state index in [0.717, 1.165) is 0 Å². The molecule has 0 aliphatic rings. The van der Waals surface area contributed by atoms with Gasteiger partial charge in [0, 0.05) is 5.02 Å². The first-order chi connectivity index (χ1) is 15.9. The lowest BCUT2D eigenvalue weighted by Gasteiger charge is -2.12. The number of benzene rings is 3. The Morgan fingerprint density at radius 2 is 1.76 bits per heavy atom. The highest BCUT2D eigenvalue weighted by Gasteiger charge is 2.16. The molecule has 9 heteroatoms. The van der Waals surface area contributed by atoms with Crippen LogP contribution in [0.3, 0.4) is 0 Å².